The molecule has 1 saturated heterocycles. The zero-order valence-electron chi connectivity index (χ0n) is 19.6. The van der Waals surface area contributed by atoms with E-state index in [0.29, 0.717) is 67.1 Å². The smallest absolute Gasteiger partial charge is 0.257 e. The molecule has 2 aromatic heterocycles. The molecule has 34 heavy (non-hydrogen) atoms. The van der Waals surface area contributed by atoms with Crippen molar-refractivity contribution in [2.24, 2.45) is 7.05 Å². The van der Waals surface area contributed by atoms with Crippen molar-refractivity contribution in [3.8, 4) is 11.3 Å². The third kappa shape index (κ3) is 3.87. The highest BCUT2D eigenvalue weighted by Crippen LogP contribution is 2.35. The molecular formula is C24H28FN7O2. The normalized spacial score (nSPS) is 18.9. The predicted molar refractivity (Wildman–Crippen MR) is 125 cm³/mol. The van der Waals surface area contributed by atoms with Crippen LogP contribution in [-0.4, -0.2) is 74.3 Å². The second-order valence-electron chi connectivity index (χ2n) is 9.12. The quantitative estimate of drug-likeness (QED) is 0.638. The van der Waals surface area contributed by atoms with Gasteiger partial charge in [-0.1, -0.05) is 0 Å². The number of aromatic amines is 1. The largest absolute Gasteiger partial charge is 0.333 e. The lowest BCUT2D eigenvalue weighted by Gasteiger charge is -2.39. The Morgan fingerprint density at radius 1 is 1.24 bits per heavy atom. The Bertz CT molecular complexity index is 1250. The fourth-order valence-corrected chi connectivity index (χ4v) is 4.97. The Kier molecular flexibility index (Phi) is 5.68. The molecule has 0 aliphatic carbocycles. The summed E-state index contributed by atoms with van der Waals surface area (Å²) in [4.78, 5) is 30.5. The minimum atomic E-state index is -0.314. The summed E-state index contributed by atoms with van der Waals surface area (Å²) in [6, 6.07) is 3.54. The van der Waals surface area contributed by atoms with Crippen molar-refractivity contribution in [2.75, 3.05) is 31.6 Å². The number of piperazine rings is 1. The van der Waals surface area contributed by atoms with Crippen LogP contribution in [0.1, 0.15) is 34.8 Å². The summed E-state index contributed by atoms with van der Waals surface area (Å²) in [6.45, 7) is 4.66. The fourth-order valence-electron chi connectivity index (χ4n) is 4.97. The third-order valence-electron chi connectivity index (χ3n) is 6.84. The van der Waals surface area contributed by atoms with Crippen LogP contribution in [0.3, 0.4) is 0 Å². The number of nitrogens with one attached hydrogen (secondary N) is 1. The van der Waals surface area contributed by atoms with E-state index in [-0.39, 0.29) is 23.7 Å². The van der Waals surface area contributed by atoms with Crippen LogP contribution >= 0.6 is 0 Å². The summed E-state index contributed by atoms with van der Waals surface area (Å²) in [5.74, 6) is -0.329. The minimum absolute atomic E-state index is 0.00428. The van der Waals surface area contributed by atoms with Crippen molar-refractivity contribution in [3.05, 3.63) is 53.2 Å². The van der Waals surface area contributed by atoms with Gasteiger partial charge in [-0.05, 0) is 25.5 Å². The number of amides is 2. The fraction of sp³-hybridized carbons (Fsp3) is 0.417. The van der Waals surface area contributed by atoms with Crippen molar-refractivity contribution < 1.29 is 14.0 Å². The van der Waals surface area contributed by atoms with Gasteiger partial charge in [0.1, 0.15) is 5.82 Å². The molecule has 1 unspecified atom stereocenters. The third-order valence-corrected chi connectivity index (χ3v) is 6.84. The van der Waals surface area contributed by atoms with Crippen LogP contribution in [0.15, 0.2) is 30.7 Å². The first kappa shape index (κ1) is 22.3. The number of nitrogens with zero attached hydrogens (tertiary/aromatic N) is 6. The zero-order valence-corrected chi connectivity index (χ0v) is 19.6. The number of H-pyrrole nitrogens is 1. The Morgan fingerprint density at radius 2 is 2.06 bits per heavy atom. The first-order chi connectivity index (χ1) is 16.3. The van der Waals surface area contributed by atoms with Crippen molar-refractivity contribution in [2.45, 2.75) is 32.4 Å². The zero-order chi connectivity index (χ0) is 24.0. The molecular weight excluding hydrogens is 437 g/mol. The molecule has 0 spiro atoms. The molecule has 178 valence electrons. The molecule has 1 aromatic carbocycles. The molecule has 10 heteroatoms. The van der Waals surface area contributed by atoms with E-state index in [1.807, 2.05) is 18.0 Å². The molecule has 0 radical (unpaired) electrons. The number of carbonyl (C=O) groups excluding carboxylic acids is 2. The average Bonchev–Trinajstić information content (AvgIpc) is 3.45. The van der Waals surface area contributed by atoms with Crippen molar-refractivity contribution >= 4 is 17.5 Å². The number of hydrogen-bond acceptors (Lipinski definition) is 5. The molecule has 1 N–H and O–H groups in total. The van der Waals surface area contributed by atoms with Crippen LogP contribution in [0.25, 0.3) is 11.3 Å². The lowest BCUT2D eigenvalue weighted by molar-refractivity contribution is -0.118. The predicted octanol–water partition coefficient (Wildman–Crippen LogP) is 2.20. The molecule has 5 rings (SSSR count). The number of aromatic nitrogens is 4. The first-order valence-corrected chi connectivity index (χ1v) is 11.5. The highest BCUT2D eigenvalue weighted by Gasteiger charge is 2.30. The summed E-state index contributed by atoms with van der Waals surface area (Å²) in [7, 11) is 3.48. The summed E-state index contributed by atoms with van der Waals surface area (Å²) >= 11 is 0. The summed E-state index contributed by atoms with van der Waals surface area (Å²) in [5, 5.41) is 11.3. The number of fused-ring (bicyclic) bond motifs is 1. The van der Waals surface area contributed by atoms with E-state index in [4.69, 9.17) is 0 Å². The summed E-state index contributed by atoms with van der Waals surface area (Å²) in [5.41, 5.74) is 3.70. The van der Waals surface area contributed by atoms with Crippen LogP contribution in [0.5, 0.6) is 0 Å². The number of aryl methyl sites for hydroxylation is 1. The number of anilines is 1. The Balaban J connectivity index is 1.32. The summed E-state index contributed by atoms with van der Waals surface area (Å²) in [6.07, 6.45) is 5.83. The Hall–Kier alpha value is -3.53. The molecule has 0 bridgehead atoms. The maximum absolute atomic E-state index is 15.5. The molecule has 2 aliphatic rings. The van der Waals surface area contributed by atoms with Crippen molar-refractivity contribution in [1.29, 1.82) is 0 Å². The number of hydrogen-bond donors (Lipinski definition) is 1. The number of halogens is 1. The highest BCUT2D eigenvalue weighted by molar-refractivity contribution is 5.96. The van der Waals surface area contributed by atoms with E-state index < -0.39 is 0 Å². The standard InChI is InChI=1S/C24H28FN7O2/c1-15-12-31(8-9-32(15)24(34)17-11-27-29(2)13-17)14-16-10-26-28-23(16)19-4-6-20-18(22(19)25)5-7-21(33)30(20)3/h4,6,10-11,13,15H,5,7-9,12,14H2,1-3H3,(H,26,28). The lowest BCUT2D eigenvalue weighted by atomic mass is 9.96. The molecule has 0 saturated carbocycles. The van der Waals surface area contributed by atoms with Gasteiger partial charge in [0.2, 0.25) is 5.91 Å². The molecule has 1 fully saturated rings. The average molecular weight is 466 g/mol. The summed E-state index contributed by atoms with van der Waals surface area (Å²) < 4.78 is 17.1. The number of carbonyl (C=O) groups is 2. The maximum Gasteiger partial charge on any atom is 0.257 e. The van der Waals surface area contributed by atoms with Gasteiger partial charge in [0, 0.05) is 87.5 Å². The Labute approximate surface area is 197 Å². The van der Waals surface area contributed by atoms with Gasteiger partial charge in [-0.2, -0.15) is 10.2 Å². The lowest BCUT2D eigenvalue weighted by Crippen LogP contribution is -2.53. The maximum atomic E-state index is 15.5. The van der Waals surface area contributed by atoms with Crippen LogP contribution in [0.4, 0.5) is 10.1 Å². The highest BCUT2D eigenvalue weighted by atomic mass is 19.1. The molecule has 4 heterocycles. The molecule has 1 atom stereocenters. The van der Waals surface area contributed by atoms with E-state index in [1.165, 1.54) is 4.90 Å². The second kappa shape index (κ2) is 8.68. The van der Waals surface area contributed by atoms with E-state index in [9.17, 15) is 9.59 Å². The van der Waals surface area contributed by atoms with E-state index in [2.05, 4.69) is 20.2 Å². The van der Waals surface area contributed by atoms with Gasteiger partial charge in [-0.15, -0.1) is 0 Å². The van der Waals surface area contributed by atoms with Crippen molar-refractivity contribution in [3.63, 3.8) is 0 Å². The van der Waals surface area contributed by atoms with Gasteiger partial charge in [-0.3, -0.25) is 24.3 Å². The van der Waals surface area contributed by atoms with E-state index in [0.717, 1.165) is 5.56 Å². The molecule has 9 nitrogen and oxygen atoms in total. The van der Waals surface area contributed by atoms with Crippen LogP contribution in [-0.2, 0) is 24.8 Å². The van der Waals surface area contributed by atoms with Gasteiger partial charge in [0.25, 0.3) is 5.91 Å². The van der Waals surface area contributed by atoms with Gasteiger partial charge < -0.3 is 9.80 Å². The van der Waals surface area contributed by atoms with Gasteiger partial charge >= 0.3 is 0 Å². The van der Waals surface area contributed by atoms with Crippen molar-refractivity contribution in [1.82, 2.24) is 29.8 Å². The monoisotopic (exact) mass is 465 g/mol. The van der Waals surface area contributed by atoms with E-state index >= 15 is 4.39 Å². The molecule has 3 aromatic rings. The topological polar surface area (TPSA) is 90.4 Å². The van der Waals surface area contributed by atoms with E-state index in [1.54, 1.807) is 43.3 Å². The SMILES string of the molecule is CC1CN(Cc2c[nH]nc2-c2ccc3c(c2F)CCC(=O)N3C)CCN1C(=O)c1cnn(C)c1. The minimum Gasteiger partial charge on any atom is -0.333 e. The van der Waals surface area contributed by atoms with Gasteiger partial charge in [0.05, 0.1) is 17.5 Å². The van der Waals surface area contributed by atoms with Crippen LogP contribution in [0, 0.1) is 5.82 Å². The first-order valence-electron chi connectivity index (χ1n) is 11.5. The van der Waals surface area contributed by atoms with Crippen LogP contribution in [0.2, 0.25) is 0 Å². The van der Waals surface area contributed by atoms with Gasteiger partial charge in [-0.25, -0.2) is 4.39 Å². The van der Waals surface area contributed by atoms with Gasteiger partial charge in [0.15, 0.2) is 0 Å². The molecule has 2 amide bonds. The number of benzene rings is 1. The van der Waals surface area contributed by atoms with Crippen LogP contribution < -0.4 is 4.90 Å². The second-order valence-corrected chi connectivity index (χ2v) is 9.12. The Morgan fingerprint density at radius 3 is 2.79 bits per heavy atom. The molecule has 2 aliphatic heterocycles. The number of rotatable bonds is 4.